The Hall–Kier alpha value is -2.59. The summed E-state index contributed by atoms with van der Waals surface area (Å²) in [6.45, 7) is 0.0583. The molecule has 0 bridgehead atoms. The second-order valence-corrected chi connectivity index (χ2v) is 8.64. The molecule has 2 aromatic heterocycles. The van der Waals surface area contributed by atoms with Crippen LogP contribution in [0.15, 0.2) is 70.5 Å². The third kappa shape index (κ3) is 4.98. The van der Waals surface area contributed by atoms with E-state index in [0.717, 1.165) is 16.9 Å². The van der Waals surface area contributed by atoms with Gasteiger partial charge in [0.1, 0.15) is 4.21 Å². The van der Waals surface area contributed by atoms with Gasteiger partial charge in [-0.15, -0.1) is 11.3 Å². The van der Waals surface area contributed by atoms with E-state index in [4.69, 9.17) is 5.73 Å². The number of aromatic nitrogens is 1. The largest absolute Gasteiger partial charge is 0.323 e. The van der Waals surface area contributed by atoms with Gasteiger partial charge in [-0.1, -0.05) is 18.2 Å². The van der Waals surface area contributed by atoms with Gasteiger partial charge in [-0.3, -0.25) is 9.78 Å². The zero-order valence-corrected chi connectivity index (χ0v) is 15.8. The third-order valence-electron chi connectivity index (χ3n) is 3.79. The number of nitrogens with two attached hydrogens (primary N) is 1. The van der Waals surface area contributed by atoms with E-state index in [9.17, 15) is 13.2 Å². The summed E-state index contributed by atoms with van der Waals surface area (Å²) in [7, 11) is -3.56. The lowest BCUT2D eigenvalue weighted by Gasteiger charge is -2.13. The van der Waals surface area contributed by atoms with Crippen LogP contribution in [0.2, 0.25) is 0 Å². The van der Waals surface area contributed by atoms with Crippen LogP contribution in [-0.4, -0.2) is 25.9 Å². The molecular weight excluding hydrogens is 384 g/mol. The number of anilines is 1. The van der Waals surface area contributed by atoms with Gasteiger partial charge in [-0.2, -0.15) is 0 Å². The summed E-state index contributed by atoms with van der Waals surface area (Å²) < 4.78 is 27.0. The van der Waals surface area contributed by atoms with Crippen molar-refractivity contribution in [2.24, 2.45) is 5.73 Å². The predicted molar refractivity (Wildman–Crippen MR) is 105 cm³/mol. The SMILES string of the molecule is NC(CNS(=O)(=O)c1cccs1)c1ccc(C(=O)Nc2ccncc2)cc1. The van der Waals surface area contributed by atoms with E-state index in [0.29, 0.717) is 11.3 Å². The van der Waals surface area contributed by atoms with Crippen LogP contribution in [0.5, 0.6) is 0 Å². The number of thiophene rings is 1. The Kier molecular flexibility index (Phi) is 5.97. The third-order valence-corrected chi connectivity index (χ3v) is 6.61. The topological polar surface area (TPSA) is 114 Å². The second kappa shape index (κ2) is 8.40. The van der Waals surface area contributed by atoms with Crippen LogP contribution in [0.3, 0.4) is 0 Å². The standard InChI is InChI=1S/C18H18N4O3S2/c19-16(12-21-27(24,25)17-2-1-11-26-17)13-3-5-14(6-4-13)18(23)22-15-7-9-20-10-8-15/h1-11,16,21H,12,19H2,(H,20,22,23). The van der Waals surface area contributed by atoms with Crippen molar-refractivity contribution in [3.05, 3.63) is 77.4 Å². The summed E-state index contributed by atoms with van der Waals surface area (Å²) in [5.74, 6) is -0.250. The van der Waals surface area contributed by atoms with E-state index < -0.39 is 16.1 Å². The van der Waals surface area contributed by atoms with Crippen LogP contribution < -0.4 is 15.8 Å². The molecule has 0 aliphatic rings. The van der Waals surface area contributed by atoms with Crippen LogP contribution in [0.4, 0.5) is 5.69 Å². The number of benzene rings is 1. The van der Waals surface area contributed by atoms with E-state index in [1.807, 2.05) is 0 Å². The minimum absolute atomic E-state index is 0.0583. The highest BCUT2D eigenvalue weighted by Crippen LogP contribution is 2.17. The van der Waals surface area contributed by atoms with Crippen LogP contribution >= 0.6 is 11.3 Å². The molecule has 1 atom stereocenters. The monoisotopic (exact) mass is 402 g/mol. The molecule has 2 heterocycles. The Morgan fingerprint density at radius 1 is 1.11 bits per heavy atom. The number of sulfonamides is 1. The molecule has 0 spiro atoms. The molecule has 1 unspecified atom stereocenters. The van der Waals surface area contributed by atoms with Crippen molar-refractivity contribution < 1.29 is 13.2 Å². The first kappa shape index (κ1) is 19.2. The number of carbonyl (C=O) groups is 1. The van der Waals surface area contributed by atoms with Crippen LogP contribution in [0, 0.1) is 0 Å². The van der Waals surface area contributed by atoms with Crippen molar-refractivity contribution in [2.45, 2.75) is 10.3 Å². The minimum atomic E-state index is -3.56. The Morgan fingerprint density at radius 2 is 1.81 bits per heavy atom. The zero-order valence-electron chi connectivity index (χ0n) is 14.2. The van der Waals surface area contributed by atoms with Crippen molar-refractivity contribution in [3.63, 3.8) is 0 Å². The molecule has 9 heteroatoms. The van der Waals surface area contributed by atoms with Gasteiger partial charge >= 0.3 is 0 Å². The average Bonchev–Trinajstić information content (AvgIpc) is 3.23. The maximum absolute atomic E-state index is 12.2. The van der Waals surface area contributed by atoms with Crippen molar-refractivity contribution in [1.29, 1.82) is 0 Å². The Balaban J connectivity index is 1.60. The van der Waals surface area contributed by atoms with Gasteiger partial charge in [0.15, 0.2) is 0 Å². The van der Waals surface area contributed by atoms with E-state index in [-0.39, 0.29) is 16.7 Å². The number of pyridine rings is 1. The number of amides is 1. The van der Waals surface area contributed by atoms with E-state index >= 15 is 0 Å². The lowest BCUT2D eigenvalue weighted by molar-refractivity contribution is 0.102. The number of hydrogen-bond donors (Lipinski definition) is 3. The summed E-state index contributed by atoms with van der Waals surface area (Å²) in [5, 5.41) is 4.47. The van der Waals surface area contributed by atoms with Crippen molar-refractivity contribution in [1.82, 2.24) is 9.71 Å². The van der Waals surface area contributed by atoms with Crippen molar-refractivity contribution >= 4 is 33.0 Å². The van der Waals surface area contributed by atoms with Crippen LogP contribution in [0.25, 0.3) is 0 Å². The summed E-state index contributed by atoms with van der Waals surface area (Å²) in [5.41, 5.74) is 7.93. The first-order chi connectivity index (χ1) is 13.0. The fraction of sp³-hybridized carbons (Fsp3) is 0.111. The lowest BCUT2D eigenvalue weighted by Crippen LogP contribution is -2.31. The maximum Gasteiger partial charge on any atom is 0.255 e. The van der Waals surface area contributed by atoms with Gasteiger partial charge in [0.25, 0.3) is 5.91 Å². The molecule has 0 fully saturated rings. The molecule has 3 aromatic rings. The Labute approximate surface area is 161 Å². The number of carbonyl (C=O) groups excluding carboxylic acids is 1. The van der Waals surface area contributed by atoms with E-state index in [1.165, 1.54) is 6.07 Å². The average molecular weight is 403 g/mol. The number of nitrogens with zero attached hydrogens (tertiary/aromatic N) is 1. The molecule has 7 nitrogen and oxygen atoms in total. The molecule has 4 N–H and O–H groups in total. The van der Waals surface area contributed by atoms with Crippen molar-refractivity contribution in [2.75, 3.05) is 11.9 Å². The molecule has 1 aromatic carbocycles. The van der Waals surface area contributed by atoms with Gasteiger partial charge in [0.05, 0.1) is 0 Å². The zero-order chi connectivity index (χ0) is 19.3. The Morgan fingerprint density at radius 3 is 2.44 bits per heavy atom. The number of hydrogen-bond acceptors (Lipinski definition) is 6. The minimum Gasteiger partial charge on any atom is -0.323 e. The Bertz CT molecular complexity index is 989. The normalized spacial score (nSPS) is 12.5. The fourth-order valence-electron chi connectivity index (χ4n) is 2.33. The molecule has 27 heavy (non-hydrogen) atoms. The predicted octanol–water partition coefficient (Wildman–Crippen LogP) is 2.37. The van der Waals surface area contributed by atoms with Gasteiger partial charge < -0.3 is 11.1 Å². The molecule has 0 aliphatic carbocycles. The smallest absolute Gasteiger partial charge is 0.255 e. The van der Waals surface area contributed by atoms with Gasteiger partial charge in [-0.25, -0.2) is 13.1 Å². The molecule has 1 amide bonds. The van der Waals surface area contributed by atoms with Crippen molar-refractivity contribution in [3.8, 4) is 0 Å². The fourth-order valence-corrected chi connectivity index (χ4v) is 4.42. The number of nitrogens with one attached hydrogen (secondary N) is 2. The van der Waals surface area contributed by atoms with Gasteiger partial charge in [0.2, 0.25) is 10.0 Å². The maximum atomic E-state index is 12.2. The lowest BCUT2D eigenvalue weighted by atomic mass is 10.1. The highest BCUT2D eigenvalue weighted by molar-refractivity contribution is 7.91. The van der Waals surface area contributed by atoms with Gasteiger partial charge in [0, 0.05) is 36.2 Å². The molecule has 0 aliphatic heterocycles. The second-order valence-electron chi connectivity index (χ2n) is 5.70. The first-order valence-electron chi connectivity index (χ1n) is 8.06. The molecule has 0 saturated heterocycles. The summed E-state index contributed by atoms with van der Waals surface area (Å²) in [4.78, 5) is 16.1. The highest BCUT2D eigenvalue weighted by atomic mass is 32.2. The summed E-state index contributed by atoms with van der Waals surface area (Å²) in [6, 6.07) is 12.8. The van der Waals surface area contributed by atoms with Crippen LogP contribution in [-0.2, 0) is 10.0 Å². The van der Waals surface area contributed by atoms with E-state index in [2.05, 4.69) is 15.0 Å². The number of rotatable bonds is 7. The highest BCUT2D eigenvalue weighted by Gasteiger charge is 2.17. The molecular formula is C18H18N4O3S2. The quantitative estimate of drug-likeness (QED) is 0.561. The molecule has 3 rings (SSSR count). The van der Waals surface area contributed by atoms with Crippen LogP contribution in [0.1, 0.15) is 22.0 Å². The van der Waals surface area contributed by atoms with E-state index in [1.54, 1.807) is 60.2 Å². The molecule has 140 valence electrons. The molecule has 0 saturated carbocycles. The first-order valence-corrected chi connectivity index (χ1v) is 10.4. The molecule has 0 radical (unpaired) electrons. The summed E-state index contributed by atoms with van der Waals surface area (Å²) in [6.07, 6.45) is 3.18. The van der Waals surface area contributed by atoms with Gasteiger partial charge in [-0.05, 0) is 41.3 Å². The summed E-state index contributed by atoms with van der Waals surface area (Å²) >= 11 is 1.14.